The maximum Gasteiger partial charge on any atom is 0.0991 e. The van der Waals surface area contributed by atoms with Gasteiger partial charge in [-0.3, -0.25) is 4.99 Å². The number of nitriles is 1. The van der Waals surface area contributed by atoms with E-state index >= 15 is 0 Å². The Labute approximate surface area is 107 Å². The highest BCUT2D eigenvalue weighted by Gasteiger charge is 1.98. The van der Waals surface area contributed by atoms with E-state index in [-0.39, 0.29) is 0 Å². The molecule has 0 radical (unpaired) electrons. The van der Waals surface area contributed by atoms with Crippen LogP contribution < -0.4 is 0 Å². The number of hydrogen-bond donors (Lipinski definition) is 0. The fourth-order valence-electron chi connectivity index (χ4n) is 1.66. The number of hydrogen-bond acceptors (Lipinski definition) is 2. The van der Waals surface area contributed by atoms with Crippen LogP contribution in [0.4, 0.5) is 5.69 Å². The van der Waals surface area contributed by atoms with Crippen LogP contribution in [0.15, 0.2) is 53.5 Å². The average Bonchev–Trinajstić information content (AvgIpc) is 2.41. The maximum absolute atomic E-state index is 8.75. The lowest BCUT2D eigenvalue weighted by atomic mass is 10.1. The second kappa shape index (κ2) is 5.29. The third kappa shape index (κ3) is 2.83. The summed E-state index contributed by atoms with van der Waals surface area (Å²) in [4.78, 5) is 4.56. The van der Waals surface area contributed by atoms with Crippen LogP contribution in [0.3, 0.4) is 0 Å². The average molecular weight is 234 g/mol. The molecule has 0 aliphatic rings. The van der Waals surface area contributed by atoms with E-state index in [1.54, 1.807) is 0 Å². The van der Waals surface area contributed by atoms with Gasteiger partial charge in [0, 0.05) is 5.71 Å². The van der Waals surface area contributed by atoms with Crippen molar-refractivity contribution < 1.29 is 0 Å². The number of rotatable bonds is 2. The number of nitrogens with zero attached hydrogens (tertiary/aromatic N) is 2. The zero-order valence-electron chi connectivity index (χ0n) is 10.5. The van der Waals surface area contributed by atoms with E-state index in [0.717, 1.165) is 17.0 Å². The van der Waals surface area contributed by atoms with E-state index < -0.39 is 0 Å². The number of aliphatic imine (C=N–C) groups is 1. The van der Waals surface area contributed by atoms with Crippen LogP contribution in [-0.4, -0.2) is 5.71 Å². The molecule has 0 saturated heterocycles. The van der Waals surface area contributed by atoms with Gasteiger partial charge in [-0.05, 0) is 43.7 Å². The van der Waals surface area contributed by atoms with Crippen LogP contribution in [0.25, 0.3) is 0 Å². The summed E-state index contributed by atoms with van der Waals surface area (Å²) in [6.07, 6.45) is 0. The Morgan fingerprint density at radius 1 is 1.00 bits per heavy atom. The minimum absolute atomic E-state index is 0.668. The fraction of sp³-hybridized carbons (Fsp3) is 0.125. The largest absolute Gasteiger partial charge is 0.253 e. The van der Waals surface area contributed by atoms with Crippen molar-refractivity contribution in [1.82, 2.24) is 0 Å². The smallest absolute Gasteiger partial charge is 0.0991 e. The molecular formula is C16H14N2. The summed E-state index contributed by atoms with van der Waals surface area (Å²) in [7, 11) is 0. The van der Waals surface area contributed by atoms with Crippen LogP contribution in [0.5, 0.6) is 0 Å². The van der Waals surface area contributed by atoms with Crippen molar-refractivity contribution in [3.8, 4) is 6.07 Å². The quantitative estimate of drug-likeness (QED) is 0.723. The Hall–Kier alpha value is -2.40. The lowest BCUT2D eigenvalue weighted by molar-refractivity contribution is 1.42. The molecule has 0 amide bonds. The first-order valence-corrected chi connectivity index (χ1v) is 5.81. The Balaban J connectivity index is 2.27. The summed E-state index contributed by atoms with van der Waals surface area (Å²) in [6, 6.07) is 17.7. The number of benzene rings is 2. The summed E-state index contributed by atoms with van der Waals surface area (Å²) in [5.74, 6) is 0. The van der Waals surface area contributed by atoms with Crippen molar-refractivity contribution in [3.05, 3.63) is 65.2 Å². The molecule has 0 N–H and O–H groups in total. The van der Waals surface area contributed by atoms with Crippen molar-refractivity contribution >= 4 is 11.4 Å². The molecule has 2 aromatic carbocycles. The first kappa shape index (κ1) is 12.1. The summed E-state index contributed by atoms with van der Waals surface area (Å²) in [5.41, 5.74) is 4.83. The van der Waals surface area contributed by atoms with Crippen LogP contribution in [0.2, 0.25) is 0 Å². The Morgan fingerprint density at radius 3 is 2.17 bits per heavy atom. The van der Waals surface area contributed by atoms with Crippen LogP contribution >= 0.6 is 0 Å². The van der Waals surface area contributed by atoms with Gasteiger partial charge >= 0.3 is 0 Å². The highest BCUT2D eigenvalue weighted by Crippen LogP contribution is 2.15. The molecule has 0 saturated carbocycles. The van der Waals surface area contributed by atoms with Gasteiger partial charge in [-0.2, -0.15) is 5.26 Å². The van der Waals surface area contributed by atoms with Crippen molar-refractivity contribution in [1.29, 1.82) is 5.26 Å². The Morgan fingerprint density at radius 2 is 1.61 bits per heavy atom. The third-order valence-electron chi connectivity index (χ3n) is 2.76. The molecule has 88 valence electrons. The minimum atomic E-state index is 0.668. The second-order valence-corrected chi connectivity index (χ2v) is 4.22. The molecule has 0 aliphatic heterocycles. The van der Waals surface area contributed by atoms with E-state index in [0.29, 0.717) is 5.56 Å². The highest BCUT2D eigenvalue weighted by molar-refractivity contribution is 6.00. The van der Waals surface area contributed by atoms with Gasteiger partial charge in [0.05, 0.1) is 17.3 Å². The maximum atomic E-state index is 8.75. The van der Waals surface area contributed by atoms with E-state index in [1.807, 2.05) is 55.5 Å². The molecule has 0 fully saturated rings. The van der Waals surface area contributed by atoms with Crippen LogP contribution in [0, 0.1) is 18.3 Å². The van der Waals surface area contributed by atoms with Gasteiger partial charge in [0.25, 0.3) is 0 Å². The molecule has 2 aromatic rings. The molecule has 2 heteroatoms. The molecular weight excluding hydrogens is 220 g/mol. The first-order valence-electron chi connectivity index (χ1n) is 5.81. The molecule has 0 aliphatic carbocycles. The lowest BCUT2D eigenvalue weighted by Gasteiger charge is -2.01. The molecule has 0 spiro atoms. The van der Waals surface area contributed by atoms with Gasteiger partial charge in [-0.1, -0.05) is 29.8 Å². The standard InChI is InChI=1S/C16H14N2/c1-12-3-9-16(10-4-12)18-13(2)15-7-5-14(11-17)6-8-15/h3-10H,1-2H3. The van der Waals surface area contributed by atoms with Gasteiger partial charge in [0.2, 0.25) is 0 Å². The van der Waals surface area contributed by atoms with E-state index in [9.17, 15) is 0 Å². The Bertz CT molecular complexity index is 599. The predicted octanol–water partition coefficient (Wildman–Crippen LogP) is 4.01. The van der Waals surface area contributed by atoms with E-state index in [4.69, 9.17) is 5.26 Å². The SMILES string of the molecule is CC(=Nc1ccc(C)cc1)c1ccc(C#N)cc1. The van der Waals surface area contributed by atoms with E-state index in [1.165, 1.54) is 5.56 Å². The zero-order chi connectivity index (χ0) is 13.0. The van der Waals surface area contributed by atoms with Gasteiger partial charge in [-0.15, -0.1) is 0 Å². The van der Waals surface area contributed by atoms with Crippen molar-refractivity contribution in [2.75, 3.05) is 0 Å². The molecule has 2 rings (SSSR count). The van der Waals surface area contributed by atoms with Gasteiger partial charge in [0.15, 0.2) is 0 Å². The predicted molar refractivity (Wildman–Crippen MR) is 74.2 cm³/mol. The second-order valence-electron chi connectivity index (χ2n) is 4.22. The van der Waals surface area contributed by atoms with Gasteiger partial charge < -0.3 is 0 Å². The van der Waals surface area contributed by atoms with E-state index in [2.05, 4.69) is 18.0 Å². The van der Waals surface area contributed by atoms with Gasteiger partial charge in [-0.25, -0.2) is 0 Å². The fourth-order valence-corrected chi connectivity index (χ4v) is 1.66. The molecule has 0 heterocycles. The van der Waals surface area contributed by atoms with Crippen molar-refractivity contribution in [2.24, 2.45) is 4.99 Å². The lowest BCUT2D eigenvalue weighted by Crippen LogP contribution is -1.93. The molecule has 0 atom stereocenters. The summed E-state index contributed by atoms with van der Waals surface area (Å²) in [6.45, 7) is 4.03. The van der Waals surface area contributed by atoms with Gasteiger partial charge in [0.1, 0.15) is 0 Å². The highest BCUT2D eigenvalue weighted by atomic mass is 14.7. The summed E-state index contributed by atoms with van der Waals surface area (Å²) < 4.78 is 0. The molecule has 0 bridgehead atoms. The number of aryl methyl sites for hydroxylation is 1. The zero-order valence-corrected chi connectivity index (χ0v) is 10.5. The van der Waals surface area contributed by atoms with Crippen LogP contribution in [0.1, 0.15) is 23.6 Å². The molecule has 18 heavy (non-hydrogen) atoms. The monoisotopic (exact) mass is 234 g/mol. The minimum Gasteiger partial charge on any atom is -0.253 e. The Kier molecular flexibility index (Phi) is 3.54. The third-order valence-corrected chi connectivity index (χ3v) is 2.76. The molecule has 0 aromatic heterocycles. The van der Waals surface area contributed by atoms with Crippen molar-refractivity contribution in [3.63, 3.8) is 0 Å². The molecule has 2 nitrogen and oxygen atoms in total. The topological polar surface area (TPSA) is 36.1 Å². The first-order chi connectivity index (χ1) is 8.69. The van der Waals surface area contributed by atoms with Crippen LogP contribution in [-0.2, 0) is 0 Å². The summed E-state index contributed by atoms with van der Waals surface area (Å²) >= 11 is 0. The normalized spacial score (nSPS) is 11.1. The van der Waals surface area contributed by atoms with Crippen molar-refractivity contribution in [2.45, 2.75) is 13.8 Å². The molecule has 0 unspecified atom stereocenters. The summed E-state index contributed by atoms with van der Waals surface area (Å²) in [5, 5.41) is 8.75.